The van der Waals surface area contributed by atoms with Gasteiger partial charge in [0, 0.05) is 24.2 Å². The van der Waals surface area contributed by atoms with Crippen LogP contribution in [-0.4, -0.2) is 18.2 Å². The highest BCUT2D eigenvalue weighted by Gasteiger charge is 2.24. The lowest BCUT2D eigenvalue weighted by Gasteiger charge is -2.16. The molecule has 2 rings (SSSR count). The van der Waals surface area contributed by atoms with Gasteiger partial charge in [-0.2, -0.15) is 0 Å². The lowest BCUT2D eigenvalue weighted by Crippen LogP contribution is -2.28. The summed E-state index contributed by atoms with van der Waals surface area (Å²) in [6.07, 6.45) is 2.32. The number of ketones is 1. The Morgan fingerprint density at radius 2 is 2.12 bits per heavy atom. The number of anilines is 1. The molecule has 0 atom stereocenters. The van der Waals surface area contributed by atoms with E-state index < -0.39 is 0 Å². The Kier molecular flexibility index (Phi) is 3.27. The van der Waals surface area contributed by atoms with E-state index in [1.54, 1.807) is 13.0 Å². The molecule has 0 radical (unpaired) electrons. The first-order chi connectivity index (χ1) is 8.13. The van der Waals surface area contributed by atoms with Gasteiger partial charge in [-0.15, -0.1) is 0 Å². The van der Waals surface area contributed by atoms with Crippen molar-refractivity contribution >= 4 is 17.4 Å². The van der Waals surface area contributed by atoms with Crippen LogP contribution in [0.1, 0.15) is 42.6 Å². The molecule has 0 unspecified atom stereocenters. The summed E-state index contributed by atoms with van der Waals surface area (Å²) in [4.78, 5) is 25.0. The van der Waals surface area contributed by atoms with E-state index in [4.69, 9.17) is 0 Å². The van der Waals surface area contributed by atoms with E-state index in [0.29, 0.717) is 6.42 Å². The molecule has 1 aromatic rings. The van der Waals surface area contributed by atoms with Crippen LogP contribution >= 0.6 is 0 Å². The van der Waals surface area contributed by atoms with Gasteiger partial charge in [-0.1, -0.05) is 6.92 Å². The maximum absolute atomic E-state index is 11.9. The molecule has 1 amide bonds. The van der Waals surface area contributed by atoms with Crippen LogP contribution in [0.5, 0.6) is 0 Å². The number of hydrogen-bond donors (Lipinski definition) is 0. The van der Waals surface area contributed by atoms with Crippen molar-refractivity contribution in [3.8, 4) is 0 Å². The largest absolute Gasteiger partial charge is 0.312 e. The summed E-state index contributed by atoms with van der Waals surface area (Å²) >= 11 is 0. The standard InChI is InChI=1S/C14H17NO2/c1-3-4-14(17)15-8-7-12-9-11(10(2)16)5-6-13(12)15/h5-6,9H,3-4,7-8H2,1-2H3. The Morgan fingerprint density at radius 1 is 1.35 bits per heavy atom. The van der Waals surface area contributed by atoms with Crippen molar-refractivity contribution in [2.45, 2.75) is 33.1 Å². The molecule has 0 aromatic heterocycles. The number of carbonyl (C=O) groups is 2. The molecular weight excluding hydrogens is 214 g/mol. The number of rotatable bonds is 3. The molecule has 90 valence electrons. The first-order valence-electron chi connectivity index (χ1n) is 6.07. The van der Waals surface area contributed by atoms with E-state index in [-0.39, 0.29) is 11.7 Å². The lowest BCUT2D eigenvalue weighted by atomic mass is 10.1. The fourth-order valence-electron chi connectivity index (χ4n) is 2.23. The number of hydrogen-bond acceptors (Lipinski definition) is 2. The van der Waals surface area contributed by atoms with Gasteiger partial charge < -0.3 is 4.90 Å². The molecular formula is C14H17NO2. The first-order valence-corrected chi connectivity index (χ1v) is 6.07. The van der Waals surface area contributed by atoms with Crippen molar-refractivity contribution in [3.05, 3.63) is 29.3 Å². The Bertz CT molecular complexity index is 465. The first kappa shape index (κ1) is 11.8. The minimum Gasteiger partial charge on any atom is -0.312 e. The molecule has 17 heavy (non-hydrogen) atoms. The summed E-state index contributed by atoms with van der Waals surface area (Å²) in [5.74, 6) is 0.257. The summed E-state index contributed by atoms with van der Waals surface area (Å²) < 4.78 is 0. The number of nitrogens with zero attached hydrogens (tertiary/aromatic N) is 1. The van der Waals surface area contributed by atoms with Gasteiger partial charge in [-0.25, -0.2) is 0 Å². The Balaban J connectivity index is 2.27. The third kappa shape index (κ3) is 2.23. The summed E-state index contributed by atoms with van der Waals surface area (Å²) in [5.41, 5.74) is 2.82. The van der Waals surface area contributed by atoms with Crippen LogP contribution in [-0.2, 0) is 11.2 Å². The van der Waals surface area contributed by atoms with Gasteiger partial charge in [0.2, 0.25) is 5.91 Å². The zero-order valence-corrected chi connectivity index (χ0v) is 10.3. The molecule has 0 saturated heterocycles. The third-order valence-corrected chi connectivity index (χ3v) is 3.15. The fraction of sp³-hybridized carbons (Fsp3) is 0.429. The Morgan fingerprint density at radius 3 is 2.76 bits per heavy atom. The highest BCUT2D eigenvalue weighted by molar-refractivity contribution is 5.98. The number of amides is 1. The predicted molar refractivity (Wildman–Crippen MR) is 67.4 cm³/mol. The van der Waals surface area contributed by atoms with Crippen molar-refractivity contribution in [2.75, 3.05) is 11.4 Å². The van der Waals surface area contributed by atoms with Gasteiger partial charge in [0.15, 0.2) is 5.78 Å². The average molecular weight is 231 g/mol. The molecule has 0 bridgehead atoms. The molecule has 0 fully saturated rings. The Labute approximate surface area is 101 Å². The molecule has 1 aliphatic rings. The van der Waals surface area contributed by atoms with Crippen LogP contribution in [0, 0.1) is 0 Å². The van der Waals surface area contributed by atoms with Gasteiger partial charge >= 0.3 is 0 Å². The minimum absolute atomic E-state index is 0.0751. The van der Waals surface area contributed by atoms with Crippen molar-refractivity contribution in [2.24, 2.45) is 0 Å². The summed E-state index contributed by atoms with van der Waals surface area (Å²) in [6.45, 7) is 4.32. The molecule has 0 aliphatic carbocycles. The monoisotopic (exact) mass is 231 g/mol. The van der Waals surface area contributed by atoms with E-state index >= 15 is 0 Å². The molecule has 3 heteroatoms. The number of fused-ring (bicyclic) bond motifs is 1. The number of benzene rings is 1. The SMILES string of the molecule is CCCC(=O)N1CCc2cc(C(C)=O)ccc21. The van der Waals surface area contributed by atoms with Crippen molar-refractivity contribution < 1.29 is 9.59 Å². The second-order valence-corrected chi connectivity index (χ2v) is 4.45. The molecule has 1 heterocycles. The molecule has 1 aromatic carbocycles. The van der Waals surface area contributed by atoms with Crippen LogP contribution in [0.15, 0.2) is 18.2 Å². The van der Waals surface area contributed by atoms with E-state index in [2.05, 4.69) is 0 Å². The zero-order valence-electron chi connectivity index (χ0n) is 10.3. The van der Waals surface area contributed by atoms with E-state index in [9.17, 15) is 9.59 Å². The van der Waals surface area contributed by atoms with E-state index in [1.165, 1.54) is 0 Å². The molecule has 0 saturated carbocycles. The smallest absolute Gasteiger partial charge is 0.226 e. The maximum atomic E-state index is 11.9. The normalized spacial score (nSPS) is 13.6. The minimum atomic E-state index is 0.0751. The second kappa shape index (κ2) is 4.70. The maximum Gasteiger partial charge on any atom is 0.226 e. The van der Waals surface area contributed by atoms with Gasteiger partial charge in [0.05, 0.1) is 0 Å². The van der Waals surface area contributed by atoms with E-state index in [1.807, 2.05) is 24.0 Å². The van der Waals surface area contributed by atoms with Gasteiger partial charge in [-0.3, -0.25) is 9.59 Å². The second-order valence-electron chi connectivity index (χ2n) is 4.45. The van der Waals surface area contributed by atoms with Gasteiger partial charge in [0.1, 0.15) is 0 Å². The number of carbonyl (C=O) groups excluding carboxylic acids is 2. The van der Waals surface area contributed by atoms with Gasteiger partial charge in [0.25, 0.3) is 0 Å². The molecule has 3 nitrogen and oxygen atoms in total. The highest BCUT2D eigenvalue weighted by Crippen LogP contribution is 2.29. The van der Waals surface area contributed by atoms with Crippen LogP contribution in [0.25, 0.3) is 0 Å². The summed E-state index contributed by atoms with van der Waals surface area (Å²) in [5, 5.41) is 0. The van der Waals surface area contributed by atoms with Crippen LogP contribution in [0.3, 0.4) is 0 Å². The fourth-order valence-corrected chi connectivity index (χ4v) is 2.23. The summed E-state index contributed by atoms with van der Waals surface area (Å²) in [6, 6.07) is 5.61. The van der Waals surface area contributed by atoms with Crippen molar-refractivity contribution in [3.63, 3.8) is 0 Å². The average Bonchev–Trinajstić information content (AvgIpc) is 2.71. The quantitative estimate of drug-likeness (QED) is 0.750. The van der Waals surface area contributed by atoms with Crippen molar-refractivity contribution in [1.82, 2.24) is 0 Å². The number of Topliss-reactive ketones (excluding diaryl/α,β-unsaturated/α-hetero) is 1. The lowest BCUT2D eigenvalue weighted by molar-refractivity contribution is -0.118. The topological polar surface area (TPSA) is 37.4 Å². The van der Waals surface area contributed by atoms with Crippen molar-refractivity contribution in [1.29, 1.82) is 0 Å². The molecule has 0 N–H and O–H groups in total. The van der Waals surface area contributed by atoms with Gasteiger partial charge in [-0.05, 0) is 43.5 Å². The van der Waals surface area contributed by atoms with Crippen LogP contribution in [0.4, 0.5) is 5.69 Å². The zero-order chi connectivity index (χ0) is 12.4. The van der Waals surface area contributed by atoms with E-state index in [0.717, 1.165) is 36.2 Å². The predicted octanol–water partition coefficient (Wildman–Crippen LogP) is 2.58. The highest BCUT2D eigenvalue weighted by atomic mass is 16.2. The van der Waals surface area contributed by atoms with Crippen LogP contribution in [0.2, 0.25) is 0 Å². The molecule has 1 aliphatic heterocycles. The summed E-state index contributed by atoms with van der Waals surface area (Å²) in [7, 11) is 0. The van der Waals surface area contributed by atoms with Crippen LogP contribution < -0.4 is 4.90 Å². The molecule has 0 spiro atoms. The Hall–Kier alpha value is -1.64. The third-order valence-electron chi connectivity index (χ3n) is 3.15.